The number of rotatable bonds is 3. The van der Waals surface area contributed by atoms with Crippen LogP contribution in [-0.4, -0.2) is 106 Å². The summed E-state index contributed by atoms with van der Waals surface area (Å²) in [6.45, 7) is 5.68. The summed E-state index contributed by atoms with van der Waals surface area (Å²) >= 11 is 1.10. The van der Waals surface area contributed by atoms with Gasteiger partial charge in [0.25, 0.3) is 0 Å². The van der Waals surface area contributed by atoms with E-state index in [2.05, 4.69) is 10.6 Å². The van der Waals surface area contributed by atoms with E-state index in [1.54, 1.807) is 20.8 Å². The van der Waals surface area contributed by atoms with E-state index >= 15 is 0 Å². The number of carbonyl (C=O) groups is 5. The van der Waals surface area contributed by atoms with E-state index in [9.17, 15) is 39.3 Å². The molecule has 2 aliphatic rings. The molecule has 2 heterocycles. The number of cyclic esters (lactones) is 1. The summed E-state index contributed by atoms with van der Waals surface area (Å²) in [4.78, 5) is 65.8. The van der Waals surface area contributed by atoms with Crippen LogP contribution in [0.2, 0.25) is 0 Å². The van der Waals surface area contributed by atoms with E-state index in [1.165, 1.54) is 6.92 Å². The molecule has 2 aliphatic heterocycles. The average Bonchev–Trinajstić information content (AvgIpc) is 3.27. The smallest absolute Gasteiger partial charge is 0.411 e. The maximum Gasteiger partial charge on any atom is 0.411 e. The first kappa shape index (κ1) is 31.8. The lowest BCUT2D eigenvalue weighted by Gasteiger charge is -2.30. The number of hydrogen-bond donors (Lipinski definition) is 5. The van der Waals surface area contributed by atoms with Gasteiger partial charge in [-0.2, -0.15) is 11.8 Å². The molecule has 0 radical (unpaired) electrons. The molecule has 0 unspecified atom stereocenters. The highest BCUT2D eigenvalue weighted by Gasteiger charge is 2.44. The predicted octanol–water partition coefficient (Wildman–Crippen LogP) is 0.323. The van der Waals surface area contributed by atoms with Crippen LogP contribution in [0.3, 0.4) is 0 Å². The number of aliphatic hydroxyl groups is 1. The minimum atomic E-state index is -1.56. The van der Waals surface area contributed by atoms with Gasteiger partial charge in [0, 0.05) is 35.2 Å². The number of benzene rings is 1. The van der Waals surface area contributed by atoms with Crippen molar-refractivity contribution in [1.29, 1.82) is 0 Å². The van der Waals surface area contributed by atoms with E-state index < -0.39 is 66.3 Å². The van der Waals surface area contributed by atoms with Gasteiger partial charge in [-0.15, -0.1) is 0 Å². The summed E-state index contributed by atoms with van der Waals surface area (Å²) in [5.41, 5.74) is -0.727. The summed E-state index contributed by atoms with van der Waals surface area (Å²) < 4.78 is 15.5. The van der Waals surface area contributed by atoms with Crippen LogP contribution in [0.5, 0.6) is 11.5 Å². The summed E-state index contributed by atoms with van der Waals surface area (Å²) in [6.07, 6.45) is -2.02. The Balaban J connectivity index is 1.92. The third-order valence-corrected chi connectivity index (χ3v) is 7.52. The molecule has 1 aromatic rings. The van der Waals surface area contributed by atoms with Crippen molar-refractivity contribution in [3.05, 3.63) is 22.8 Å². The lowest BCUT2D eigenvalue weighted by molar-refractivity contribution is -0.145. The van der Waals surface area contributed by atoms with Crippen LogP contribution in [0, 0.1) is 6.92 Å². The normalized spacial score (nSPS) is 23.7. The van der Waals surface area contributed by atoms with E-state index in [0.29, 0.717) is 0 Å². The molecule has 5 N–H and O–H groups in total. The Morgan fingerprint density at radius 2 is 1.88 bits per heavy atom. The highest BCUT2D eigenvalue weighted by atomic mass is 32.2. The Labute approximate surface area is 240 Å². The van der Waals surface area contributed by atoms with E-state index in [0.717, 1.165) is 29.8 Å². The fraction of sp³-hybridized carbons (Fsp3) is 0.577. The van der Waals surface area contributed by atoms with Gasteiger partial charge in [0.05, 0.1) is 18.8 Å². The minimum Gasteiger partial charge on any atom is -0.508 e. The Kier molecular flexibility index (Phi) is 9.97. The maximum atomic E-state index is 13.3. The average molecular weight is 598 g/mol. The quantitative estimate of drug-likeness (QED) is 0.236. The zero-order valence-electron chi connectivity index (χ0n) is 23.4. The van der Waals surface area contributed by atoms with Gasteiger partial charge >= 0.3 is 18.0 Å². The molecular weight excluding hydrogens is 562 g/mol. The number of phenols is 2. The predicted molar refractivity (Wildman–Crippen MR) is 144 cm³/mol. The van der Waals surface area contributed by atoms with Crippen LogP contribution in [0.25, 0.3) is 0 Å². The monoisotopic (exact) mass is 597 g/mol. The Morgan fingerprint density at radius 1 is 1.20 bits per heavy atom. The Hall–Kier alpha value is -3.72. The number of aromatic hydroxyl groups is 2. The number of nitrogens with one attached hydrogen (secondary N) is 2. The van der Waals surface area contributed by atoms with Gasteiger partial charge in [0.15, 0.2) is 0 Å². The third-order valence-electron chi connectivity index (χ3n) is 6.46. The number of thioether (sulfide) groups is 1. The second-order valence-electron chi connectivity index (χ2n) is 10.6. The SMILES string of the molecule is COC(=O)[C@@H]1CSCc2c(O)cc(O)c(C)c2C(=O)OC[C@@H](NC(=O)[C@@H]2[C@H](O)CCN2C(=O)OC(C)(C)C)C(=O)N1. The van der Waals surface area contributed by atoms with Gasteiger partial charge in [0.2, 0.25) is 11.8 Å². The zero-order chi connectivity index (χ0) is 30.6. The van der Waals surface area contributed by atoms with Gasteiger partial charge in [-0.1, -0.05) is 0 Å². The summed E-state index contributed by atoms with van der Waals surface area (Å²) in [5, 5.41) is 36.0. The second kappa shape index (κ2) is 12.9. The molecule has 0 bridgehead atoms. The van der Waals surface area contributed by atoms with Crippen molar-refractivity contribution in [2.75, 3.05) is 26.0 Å². The largest absolute Gasteiger partial charge is 0.508 e. The molecule has 15 heteroatoms. The number of aliphatic hydroxyl groups excluding tert-OH is 1. The van der Waals surface area contributed by atoms with Crippen LogP contribution >= 0.6 is 11.8 Å². The number of likely N-dealkylation sites (tertiary alicyclic amines) is 1. The highest BCUT2D eigenvalue weighted by molar-refractivity contribution is 7.98. The Morgan fingerprint density at radius 3 is 2.51 bits per heavy atom. The molecule has 3 rings (SSSR count). The number of carbonyl (C=O) groups excluding carboxylic acids is 5. The van der Waals surface area contributed by atoms with Crippen molar-refractivity contribution in [2.24, 2.45) is 0 Å². The molecular formula is C26H35N3O11S. The minimum absolute atomic E-state index is 0.0186. The number of esters is 2. The molecule has 41 heavy (non-hydrogen) atoms. The number of amides is 3. The van der Waals surface area contributed by atoms with Crippen molar-refractivity contribution in [3.63, 3.8) is 0 Å². The van der Waals surface area contributed by atoms with Gasteiger partial charge in [-0.05, 0) is 34.1 Å². The van der Waals surface area contributed by atoms with Crippen LogP contribution < -0.4 is 10.6 Å². The molecule has 3 amide bonds. The summed E-state index contributed by atoms with van der Waals surface area (Å²) in [6, 6.07) is -3.06. The number of phenolic OH excluding ortho intramolecular Hbond substituents is 2. The van der Waals surface area contributed by atoms with Gasteiger partial charge in [-0.25, -0.2) is 14.4 Å². The molecule has 1 saturated heterocycles. The van der Waals surface area contributed by atoms with Gasteiger partial charge in [0.1, 0.15) is 41.8 Å². The van der Waals surface area contributed by atoms with E-state index in [4.69, 9.17) is 14.2 Å². The molecule has 1 aromatic carbocycles. The van der Waals surface area contributed by atoms with Crippen LogP contribution in [0.4, 0.5) is 4.79 Å². The lowest BCUT2D eigenvalue weighted by Crippen LogP contribution is -2.59. The van der Waals surface area contributed by atoms with Crippen LogP contribution in [0.15, 0.2) is 6.07 Å². The Bertz CT molecular complexity index is 1220. The van der Waals surface area contributed by atoms with Gasteiger partial charge in [-0.3, -0.25) is 14.5 Å². The second-order valence-corrected chi connectivity index (χ2v) is 11.7. The number of ether oxygens (including phenoxy) is 3. The van der Waals surface area contributed by atoms with Crippen LogP contribution in [-0.2, 0) is 34.3 Å². The molecule has 0 aliphatic carbocycles. The number of hydrogen-bond acceptors (Lipinski definition) is 12. The first-order valence-electron chi connectivity index (χ1n) is 12.8. The van der Waals surface area contributed by atoms with Crippen molar-refractivity contribution in [2.45, 2.75) is 69.7 Å². The molecule has 0 aromatic heterocycles. The summed E-state index contributed by atoms with van der Waals surface area (Å²) in [5.74, 6) is -4.29. The topological polar surface area (TPSA) is 201 Å². The van der Waals surface area contributed by atoms with Crippen molar-refractivity contribution in [3.8, 4) is 11.5 Å². The molecule has 0 saturated carbocycles. The first-order valence-corrected chi connectivity index (χ1v) is 14.0. The number of fused-ring (bicyclic) bond motifs is 1. The fourth-order valence-corrected chi connectivity index (χ4v) is 5.45. The van der Waals surface area contributed by atoms with E-state index in [1.807, 2.05) is 0 Å². The number of methoxy groups -OCH3 is 1. The molecule has 1 fully saturated rings. The van der Waals surface area contributed by atoms with Crippen LogP contribution in [0.1, 0.15) is 48.7 Å². The lowest BCUT2D eigenvalue weighted by atomic mass is 10.0. The first-order chi connectivity index (χ1) is 19.1. The number of nitrogens with zero attached hydrogens (tertiary/aromatic N) is 1. The van der Waals surface area contributed by atoms with Crippen molar-refractivity contribution >= 4 is 41.6 Å². The third kappa shape index (κ3) is 7.52. The maximum absolute atomic E-state index is 13.3. The molecule has 226 valence electrons. The van der Waals surface area contributed by atoms with Gasteiger partial charge < -0.3 is 40.2 Å². The zero-order valence-corrected chi connectivity index (χ0v) is 24.2. The molecule has 4 atom stereocenters. The van der Waals surface area contributed by atoms with Crippen molar-refractivity contribution < 1.29 is 53.5 Å². The molecule has 14 nitrogen and oxygen atoms in total. The standard InChI is InChI=1S/C26H35N3O11S/c1-12-17(31)8-18(32)13-10-41-11-15(23(35)38-5)28-21(33)14(9-39-24(36)19(12)13)27-22(34)20-16(30)6-7-29(20)25(37)40-26(2,3)4/h8,14-16,20,30-32H,6-7,9-11H2,1-5H3,(H,27,34)(H,28,33)/t14-,15+,16-,20+/m1/s1. The summed E-state index contributed by atoms with van der Waals surface area (Å²) in [7, 11) is 1.14. The molecule has 0 spiro atoms. The van der Waals surface area contributed by atoms with Crippen molar-refractivity contribution in [1.82, 2.24) is 15.5 Å². The van der Waals surface area contributed by atoms with E-state index in [-0.39, 0.29) is 52.7 Å². The highest BCUT2D eigenvalue weighted by Crippen LogP contribution is 2.35. The fourth-order valence-electron chi connectivity index (χ4n) is 4.38.